The molecular weight excluding hydrogens is 313 g/mol. The number of halogens is 1. The van der Waals surface area contributed by atoms with Gasteiger partial charge in [0, 0.05) is 16.2 Å². The van der Waals surface area contributed by atoms with Crippen molar-refractivity contribution in [2.75, 3.05) is 6.61 Å². The molecule has 1 saturated heterocycles. The predicted octanol–water partition coefficient (Wildman–Crippen LogP) is 3.25. The van der Waals surface area contributed by atoms with E-state index in [-0.39, 0.29) is 6.04 Å². The lowest BCUT2D eigenvalue weighted by Crippen LogP contribution is -2.15. The van der Waals surface area contributed by atoms with Gasteiger partial charge in [-0.3, -0.25) is 0 Å². The average molecular weight is 331 g/mol. The smallest absolute Gasteiger partial charge is 0.0576 e. The molecule has 0 aromatic heterocycles. The van der Waals surface area contributed by atoms with Crippen LogP contribution in [0.5, 0.6) is 0 Å². The molecule has 1 aromatic carbocycles. The zero-order valence-corrected chi connectivity index (χ0v) is 11.5. The van der Waals surface area contributed by atoms with E-state index in [0.29, 0.717) is 6.10 Å². The normalized spacial score (nSPS) is 22.2. The van der Waals surface area contributed by atoms with Crippen molar-refractivity contribution in [2.24, 2.45) is 5.73 Å². The molecule has 88 valence electrons. The lowest BCUT2D eigenvalue weighted by molar-refractivity contribution is 0.101. The van der Waals surface area contributed by atoms with Crippen LogP contribution in [0, 0.1) is 3.57 Å². The fourth-order valence-corrected chi connectivity index (χ4v) is 2.96. The Labute approximate surface area is 111 Å². The van der Waals surface area contributed by atoms with Gasteiger partial charge in [0.25, 0.3) is 0 Å². The number of hydrogen-bond acceptors (Lipinski definition) is 2. The summed E-state index contributed by atoms with van der Waals surface area (Å²) >= 11 is 2.35. The highest BCUT2D eigenvalue weighted by Crippen LogP contribution is 2.25. The molecule has 0 bridgehead atoms. The molecule has 2 nitrogen and oxygen atoms in total. The fourth-order valence-electron chi connectivity index (χ4n) is 2.17. The van der Waals surface area contributed by atoms with Gasteiger partial charge in [0.15, 0.2) is 0 Å². The molecule has 0 saturated carbocycles. The van der Waals surface area contributed by atoms with Gasteiger partial charge in [0.2, 0.25) is 0 Å². The summed E-state index contributed by atoms with van der Waals surface area (Å²) in [6.45, 7) is 0.933. The summed E-state index contributed by atoms with van der Waals surface area (Å²) in [5.41, 5.74) is 7.48. The van der Waals surface area contributed by atoms with Gasteiger partial charge < -0.3 is 10.5 Å². The summed E-state index contributed by atoms with van der Waals surface area (Å²) < 4.78 is 6.88. The van der Waals surface area contributed by atoms with Crippen LogP contribution in [0.25, 0.3) is 0 Å². The van der Waals surface area contributed by atoms with Gasteiger partial charge >= 0.3 is 0 Å². The number of benzene rings is 1. The zero-order valence-electron chi connectivity index (χ0n) is 9.36. The van der Waals surface area contributed by atoms with Gasteiger partial charge in [-0.2, -0.15) is 0 Å². The summed E-state index contributed by atoms with van der Waals surface area (Å²) in [7, 11) is 0. The highest BCUT2D eigenvalue weighted by Gasteiger charge is 2.17. The van der Waals surface area contributed by atoms with Crippen molar-refractivity contribution in [1.29, 1.82) is 0 Å². The zero-order chi connectivity index (χ0) is 11.4. The van der Waals surface area contributed by atoms with Crippen molar-refractivity contribution in [3.05, 3.63) is 33.4 Å². The van der Waals surface area contributed by atoms with Crippen LogP contribution in [-0.2, 0) is 4.74 Å². The molecule has 2 unspecified atom stereocenters. The highest BCUT2D eigenvalue weighted by atomic mass is 127. The molecule has 0 amide bonds. The summed E-state index contributed by atoms with van der Waals surface area (Å²) in [6, 6.07) is 8.50. The van der Waals surface area contributed by atoms with E-state index in [1.54, 1.807) is 0 Å². The number of hydrogen-bond donors (Lipinski definition) is 1. The molecular formula is C13H18INO. The number of rotatable bonds is 4. The Hall–Kier alpha value is -0.130. The van der Waals surface area contributed by atoms with Crippen LogP contribution in [0.3, 0.4) is 0 Å². The quantitative estimate of drug-likeness (QED) is 0.860. The van der Waals surface area contributed by atoms with Crippen LogP contribution in [0.1, 0.15) is 37.3 Å². The Morgan fingerprint density at radius 3 is 2.94 bits per heavy atom. The second-order valence-electron chi connectivity index (χ2n) is 4.34. The van der Waals surface area contributed by atoms with E-state index in [9.17, 15) is 0 Å². The first-order chi connectivity index (χ1) is 7.77. The molecule has 0 spiro atoms. The minimum atomic E-state index is 0.150. The van der Waals surface area contributed by atoms with Crippen molar-refractivity contribution < 1.29 is 4.74 Å². The Morgan fingerprint density at radius 1 is 1.44 bits per heavy atom. The van der Waals surface area contributed by atoms with E-state index in [4.69, 9.17) is 10.5 Å². The topological polar surface area (TPSA) is 35.2 Å². The third kappa shape index (κ3) is 3.18. The van der Waals surface area contributed by atoms with E-state index in [2.05, 4.69) is 46.9 Å². The maximum atomic E-state index is 6.21. The van der Waals surface area contributed by atoms with Gasteiger partial charge in [-0.05, 0) is 59.9 Å². The van der Waals surface area contributed by atoms with Crippen LogP contribution in [0.15, 0.2) is 24.3 Å². The molecule has 3 heteroatoms. The largest absolute Gasteiger partial charge is 0.378 e. The van der Waals surface area contributed by atoms with E-state index < -0.39 is 0 Å². The van der Waals surface area contributed by atoms with Gasteiger partial charge in [0.1, 0.15) is 0 Å². The maximum Gasteiger partial charge on any atom is 0.0576 e. The van der Waals surface area contributed by atoms with Crippen LogP contribution in [-0.4, -0.2) is 12.7 Å². The molecule has 1 fully saturated rings. The predicted molar refractivity (Wildman–Crippen MR) is 74.3 cm³/mol. The van der Waals surface area contributed by atoms with Crippen LogP contribution in [0.2, 0.25) is 0 Å². The third-order valence-electron chi connectivity index (χ3n) is 3.13. The van der Waals surface area contributed by atoms with Crippen molar-refractivity contribution in [3.8, 4) is 0 Å². The third-order valence-corrected chi connectivity index (χ3v) is 4.11. The number of ether oxygens (including phenoxy) is 1. The van der Waals surface area contributed by atoms with Gasteiger partial charge in [0.05, 0.1) is 6.10 Å². The van der Waals surface area contributed by atoms with Crippen molar-refractivity contribution in [1.82, 2.24) is 0 Å². The molecule has 1 aliphatic rings. The van der Waals surface area contributed by atoms with E-state index in [0.717, 1.165) is 19.4 Å². The number of nitrogens with two attached hydrogens (primary N) is 1. The molecule has 1 heterocycles. The van der Waals surface area contributed by atoms with Gasteiger partial charge in [-0.25, -0.2) is 0 Å². The van der Waals surface area contributed by atoms with E-state index in [1.807, 2.05) is 0 Å². The molecule has 0 radical (unpaired) electrons. The Kier molecular flexibility index (Phi) is 4.61. The summed E-state index contributed by atoms with van der Waals surface area (Å²) in [6.07, 6.45) is 4.98. The first-order valence-corrected chi connectivity index (χ1v) is 6.97. The fraction of sp³-hybridized carbons (Fsp3) is 0.538. The van der Waals surface area contributed by atoms with Crippen molar-refractivity contribution in [2.45, 2.75) is 37.8 Å². The highest BCUT2D eigenvalue weighted by molar-refractivity contribution is 14.1. The average Bonchev–Trinajstić information content (AvgIpc) is 2.79. The van der Waals surface area contributed by atoms with Crippen molar-refractivity contribution >= 4 is 22.6 Å². The standard InChI is InChI=1S/C13H18INO/c14-12-6-2-1-5-11(12)13(15)8-7-10-4-3-9-16-10/h1-2,5-6,10,13H,3-4,7-9,15H2. The van der Waals surface area contributed by atoms with Crippen LogP contribution >= 0.6 is 22.6 Å². The first kappa shape index (κ1) is 12.3. The molecule has 2 N–H and O–H groups in total. The Bertz CT molecular complexity index is 336. The molecule has 16 heavy (non-hydrogen) atoms. The monoisotopic (exact) mass is 331 g/mol. The minimum absolute atomic E-state index is 0.150. The molecule has 1 aliphatic heterocycles. The lowest BCUT2D eigenvalue weighted by Gasteiger charge is -2.16. The van der Waals surface area contributed by atoms with Crippen LogP contribution in [0.4, 0.5) is 0 Å². The minimum Gasteiger partial charge on any atom is -0.378 e. The SMILES string of the molecule is NC(CCC1CCCO1)c1ccccc1I. The molecule has 1 aromatic rings. The lowest BCUT2D eigenvalue weighted by atomic mass is 10.0. The maximum absolute atomic E-state index is 6.21. The summed E-state index contributed by atoms with van der Waals surface area (Å²) in [5, 5.41) is 0. The first-order valence-electron chi connectivity index (χ1n) is 5.89. The van der Waals surface area contributed by atoms with Crippen molar-refractivity contribution in [3.63, 3.8) is 0 Å². The second kappa shape index (κ2) is 5.98. The van der Waals surface area contributed by atoms with Crippen LogP contribution < -0.4 is 5.73 Å². The van der Waals surface area contributed by atoms with E-state index in [1.165, 1.54) is 22.0 Å². The Morgan fingerprint density at radius 2 is 2.25 bits per heavy atom. The Balaban J connectivity index is 1.87. The summed E-state index contributed by atoms with van der Waals surface area (Å²) in [4.78, 5) is 0. The molecule has 0 aliphatic carbocycles. The molecule has 2 atom stereocenters. The van der Waals surface area contributed by atoms with E-state index >= 15 is 0 Å². The molecule has 2 rings (SSSR count). The van der Waals surface area contributed by atoms with Gasteiger partial charge in [-0.1, -0.05) is 18.2 Å². The summed E-state index contributed by atoms with van der Waals surface area (Å²) in [5.74, 6) is 0. The second-order valence-corrected chi connectivity index (χ2v) is 5.50. The van der Waals surface area contributed by atoms with Gasteiger partial charge in [-0.15, -0.1) is 0 Å².